The monoisotopic (exact) mass is 576 g/mol. The number of hydrogen-bond acceptors (Lipinski definition) is 9. The minimum absolute atomic E-state index is 0.0819. The van der Waals surface area contributed by atoms with Gasteiger partial charge in [0, 0.05) is 49.8 Å². The lowest BCUT2D eigenvalue weighted by Gasteiger charge is -2.32. The van der Waals surface area contributed by atoms with Crippen LogP contribution in [0.3, 0.4) is 0 Å². The molecule has 2 aliphatic rings. The molecule has 2 aliphatic heterocycles. The maximum Gasteiger partial charge on any atom is 0.274 e. The van der Waals surface area contributed by atoms with Crippen LogP contribution in [0.15, 0.2) is 55.0 Å². The van der Waals surface area contributed by atoms with Gasteiger partial charge in [0.15, 0.2) is 0 Å². The zero-order valence-electron chi connectivity index (χ0n) is 22.5. The van der Waals surface area contributed by atoms with Crippen molar-refractivity contribution in [3.8, 4) is 11.3 Å². The van der Waals surface area contributed by atoms with Crippen molar-refractivity contribution in [3.05, 3.63) is 66.2 Å². The molecule has 0 spiro atoms. The number of fused-ring (bicyclic) bond motifs is 1. The molecule has 0 saturated carbocycles. The molecule has 0 aliphatic carbocycles. The zero-order valence-corrected chi connectivity index (χ0v) is 23.3. The summed E-state index contributed by atoms with van der Waals surface area (Å²) in [4.78, 5) is 34.0. The Hall–Kier alpha value is -3.91. The van der Waals surface area contributed by atoms with E-state index < -0.39 is 10.9 Å². The highest BCUT2D eigenvalue weighted by Gasteiger charge is 2.21. The van der Waals surface area contributed by atoms with E-state index in [-0.39, 0.29) is 11.9 Å². The van der Waals surface area contributed by atoms with E-state index >= 15 is 0 Å². The Bertz CT molecular complexity index is 1590. The van der Waals surface area contributed by atoms with Crippen LogP contribution in [0.5, 0.6) is 0 Å². The maximum absolute atomic E-state index is 13.0. The van der Waals surface area contributed by atoms with Crippen LogP contribution in [-0.2, 0) is 22.2 Å². The highest BCUT2D eigenvalue weighted by Crippen LogP contribution is 2.29. The highest BCUT2D eigenvalue weighted by molar-refractivity contribution is 7.70. The predicted octanol–water partition coefficient (Wildman–Crippen LogP) is 2.19. The lowest BCUT2D eigenvalue weighted by molar-refractivity contribution is 0.102. The van der Waals surface area contributed by atoms with Crippen molar-refractivity contribution in [1.82, 2.24) is 29.6 Å². The molecule has 41 heavy (non-hydrogen) atoms. The van der Waals surface area contributed by atoms with E-state index in [0.717, 1.165) is 66.1 Å². The van der Waals surface area contributed by atoms with Crippen molar-refractivity contribution < 1.29 is 17.9 Å². The Kier molecular flexibility index (Phi) is 8.19. The molecule has 2 saturated heterocycles. The zero-order chi connectivity index (χ0) is 28.2. The van der Waals surface area contributed by atoms with Gasteiger partial charge in [-0.1, -0.05) is 12.1 Å². The van der Waals surface area contributed by atoms with Crippen LogP contribution in [0.4, 0.5) is 11.5 Å². The van der Waals surface area contributed by atoms with Crippen molar-refractivity contribution in [2.45, 2.75) is 25.4 Å². The van der Waals surface area contributed by atoms with Crippen LogP contribution < -0.4 is 14.9 Å². The lowest BCUT2D eigenvalue weighted by atomic mass is 10.1. The summed E-state index contributed by atoms with van der Waals surface area (Å²) >= 11 is 0. The predicted molar refractivity (Wildman–Crippen MR) is 156 cm³/mol. The normalized spacial score (nSPS) is 18.2. The lowest BCUT2D eigenvalue weighted by Crippen LogP contribution is -2.44. The maximum atomic E-state index is 13.0. The number of anilines is 2. The molecule has 214 valence electrons. The largest absolute Gasteiger partial charge is 0.378 e. The summed E-state index contributed by atoms with van der Waals surface area (Å²) in [5.74, 6) is 0.604. The van der Waals surface area contributed by atoms with Crippen molar-refractivity contribution in [1.29, 1.82) is 0 Å². The van der Waals surface area contributed by atoms with Crippen molar-refractivity contribution in [2.24, 2.45) is 0 Å². The number of thiol groups is 1. The van der Waals surface area contributed by atoms with Crippen LogP contribution in [0.2, 0.25) is 0 Å². The number of amides is 1. The minimum Gasteiger partial charge on any atom is -0.378 e. The van der Waals surface area contributed by atoms with Gasteiger partial charge in [-0.2, -0.15) is 0 Å². The van der Waals surface area contributed by atoms with Crippen molar-refractivity contribution in [2.75, 3.05) is 49.6 Å². The number of morpholine rings is 1. The summed E-state index contributed by atoms with van der Waals surface area (Å²) < 4.78 is 30.2. The standard InChI is InChI=1S/C28H32N8O4S/c37-28(25-14-19(7-8-29-25)16-35-9-1-2-22(17-35)34-41(38)39)32-21-5-3-20(4-6-21)24-15-23-26(33-24)30-18-31-27(23)36-10-12-40-13-11-36/h3-8,14-15,18,22,41H,1-2,9-13,16-17H2,(H,32,37)(H,30,31,33)(H,34,38,39)/t22-/m1/s1. The summed E-state index contributed by atoms with van der Waals surface area (Å²) in [5.41, 5.74) is 4.59. The van der Waals surface area contributed by atoms with Gasteiger partial charge < -0.3 is 19.9 Å². The minimum atomic E-state index is -2.62. The summed E-state index contributed by atoms with van der Waals surface area (Å²) in [6.45, 7) is 5.08. The van der Waals surface area contributed by atoms with Crippen LogP contribution in [-0.4, -0.2) is 84.6 Å². The molecule has 5 heterocycles. The number of benzene rings is 1. The van der Waals surface area contributed by atoms with Gasteiger partial charge in [0.05, 0.1) is 18.6 Å². The SMILES string of the molecule is O=C(Nc1ccc(-c2cc3c(N4CCOCC4)ncnc3[nH]2)cc1)c1cc(CN2CCC[C@@H](N[SH](=O)=O)C2)ccn1. The van der Waals surface area contributed by atoms with E-state index in [0.29, 0.717) is 37.7 Å². The Labute approximate surface area is 239 Å². The number of ether oxygens (including phenoxy) is 1. The molecule has 2 fully saturated rings. The molecule has 1 amide bonds. The third-order valence-electron chi connectivity index (χ3n) is 7.43. The van der Waals surface area contributed by atoms with Crippen molar-refractivity contribution in [3.63, 3.8) is 0 Å². The molecular weight excluding hydrogens is 544 g/mol. The number of carbonyl (C=O) groups excluding carboxylic acids is 1. The average Bonchev–Trinajstić information content (AvgIpc) is 3.43. The summed E-state index contributed by atoms with van der Waals surface area (Å²) in [6, 6.07) is 13.3. The number of nitrogens with one attached hydrogen (secondary N) is 3. The van der Waals surface area contributed by atoms with Gasteiger partial charge in [-0.3, -0.25) is 14.7 Å². The number of nitrogens with zero attached hydrogens (tertiary/aromatic N) is 5. The molecule has 4 aromatic rings. The number of H-pyrrole nitrogens is 1. The third kappa shape index (κ3) is 6.54. The molecule has 12 nitrogen and oxygen atoms in total. The summed E-state index contributed by atoms with van der Waals surface area (Å²) in [6.07, 6.45) is 4.95. The van der Waals surface area contributed by atoms with Gasteiger partial charge in [-0.25, -0.2) is 23.1 Å². The Balaban J connectivity index is 1.11. The van der Waals surface area contributed by atoms with Gasteiger partial charge in [0.25, 0.3) is 5.91 Å². The third-order valence-corrected chi connectivity index (χ3v) is 8.00. The Morgan fingerprint density at radius 3 is 2.68 bits per heavy atom. The highest BCUT2D eigenvalue weighted by atomic mass is 32.2. The Morgan fingerprint density at radius 2 is 1.88 bits per heavy atom. The van der Waals surface area contributed by atoms with E-state index in [1.165, 1.54) is 0 Å². The molecule has 0 unspecified atom stereocenters. The van der Waals surface area contributed by atoms with Crippen LogP contribution >= 0.6 is 0 Å². The van der Waals surface area contributed by atoms with E-state index in [4.69, 9.17) is 4.74 Å². The molecule has 1 atom stereocenters. The summed E-state index contributed by atoms with van der Waals surface area (Å²) in [7, 11) is -2.62. The molecule has 1 aromatic carbocycles. The van der Waals surface area contributed by atoms with Crippen LogP contribution in [0.1, 0.15) is 28.9 Å². The molecular formula is C28H32N8O4S. The topological polar surface area (TPSA) is 145 Å². The second-order valence-electron chi connectivity index (χ2n) is 10.3. The fourth-order valence-corrected chi connectivity index (χ4v) is 5.96. The smallest absolute Gasteiger partial charge is 0.274 e. The van der Waals surface area contributed by atoms with Gasteiger partial charge in [0.1, 0.15) is 23.5 Å². The first kappa shape index (κ1) is 27.3. The van der Waals surface area contributed by atoms with Gasteiger partial charge >= 0.3 is 0 Å². The van der Waals surface area contributed by atoms with E-state index in [1.807, 2.05) is 30.3 Å². The van der Waals surface area contributed by atoms with Gasteiger partial charge in [0.2, 0.25) is 10.9 Å². The quantitative estimate of drug-likeness (QED) is 0.232. The molecule has 0 bridgehead atoms. The summed E-state index contributed by atoms with van der Waals surface area (Å²) in [5, 5.41) is 3.89. The number of piperidine rings is 1. The van der Waals surface area contributed by atoms with Crippen LogP contribution in [0.25, 0.3) is 22.3 Å². The van der Waals surface area contributed by atoms with E-state index in [9.17, 15) is 13.2 Å². The Morgan fingerprint density at radius 1 is 1.05 bits per heavy atom. The van der Waals surface area contributed by atoms with Crippen molar-refractivity contribution >= 4 is 39.3 Å². The van der Waals surface area contributed by atoms with Crippen LogP contribution in [0, 0.1) is 0 Å². The molecule has 13 heteroatoms. The fourth-order valence-electron chi connectivity index (χ4n) is 5.45. The molecule has 6 rings (SSSR count). The molecule has 0 radical (unpaired) electrons. The molecule has 3 N–H and O–H groups in total. The number of likely N-dealkylation sites (tertiary alicyclic amines) is 1. The first-order valence-electron chi connectivity index (χ1n) is 13.7. The number of carbonyl (C=O) groups is 1. The number of aromatic amines is 1. The first-order valence-corrected chi connectivity index (χ1v) is 14.9. The van der Waals surface area contributed by atoms with Gasteiger partial charge in [-0.15, -0.1) is 0 Å². The van der Waals surface area contributed by atoms with E-state index in [1.54, 1.807) is 18.6 Å². The second kappa shape index (κ2) is 12.3. The number of aromatic nitrogens is 4. The second-order valence-corrected chi connectivity index (χ2v) is 11.1. The number of pyridine rings is 1. The molecule has 3 aromatic heterocycles. The average molecular weight is 577 g/mol. The first-order chi connectivity index (χ1) is 20.0. The van der Waals surface area contributed by atoms with E-state index in [2.05, 4.69) is 45.8 Å². The van der Waals surface area contributed by atoms with Gasteiger partial charge in [-0.05, 0) is 60.8 Å². The number of rotatable bonds is 8. The fraction of sp³-hybridized carbons (Fsp3) is 0.357. The number of hydrogen-bond donors (Lipinski definition) is 4.